The van der Waals surface area contributed by atoms with Crippen LogP contribution in [0.15, 0.2) is 64.6 Å². The number of rotatable bonds is 7. The van der Waals surface area contributed by atoms with Gasteiger partial charge in [0.2, 0.25) is 5.91 Å². The van der Waals surface area contributed by atoms with Crippen LogP contribution in [-0.2, 0) is 4.79 Å². The molecule has 8 heteroatoms. The molecular weight excluding hydrogens is 396 g/mol. The first-order valence-corrected chi connectivity index (χ1v) is 10.6. The van der Waals surface area contributed by atoms with Gasteiger partial charge < -0.3 is 10.6 Å². The van der Waals surface area contributed by atoms with Gasteiger partial charge in [-0.15, -0.1) is 0 Å². The number of aromatic nitrogens is 4. The lowest BCUT2D eigenvalue weighted by atomic mass is 10.2. The Hall–Kier alpha value is -3.39. The zero-order chi connectivity index (χ0) is 20.9. The Balaban J connectivity index is 1.57. The summed E-state index contributed by atoms with van der Waals surface area (Å²) in [5.41, 5.74) is 2.61. The third kappa shape index (κ3) is 4.77. The number of benzene rings is 2. The van der Waals surface area contributed by atoms with Crippen LogP contribution < -0.4 is 10.6 Å². The zero-order valence-corrected chi connectivity index (χ0v) is 17.6. The van der Waals surface area contributed by atoms with Crippen molar-refractivity contribution in [3.63, 3.8) is 0 Å². The summed E-state index contributed by atoms with van der Waals surface area (Å²) in [4.78, 5) is 22.1. The molecule has 0 bridgehead atoms. The number of amides is 1. The zero-order valence-electron chi connectivity index (χ0n) is 16.8. The van der Waals surface area contributed by atoms with Gasteiger partial charge in [0.1, 0.15) is 5.82 Å². The number of nitrogens with zero attached hydrogens (tertiary/aromatic N) is 3. The maximum atomic E-state index is 11.8. The van der Waals surface area contributed by atoms with E-state index in [9.17, 15) is 4.79 Å². The van der Waals surface area contributed by atoms with E-state index in [1.807, 2.05) is 68.4 Å². The SMILES string of the molecule is CCCC(=O)Nc1ccc(Sc2nc(Nc3cc(C)[nH]n3)c3ccccc3n2)cc1. The van der Waals surface area contributed by atoms with Crippen molar-refractivity contribution in [3.8, 4) is 0 Å². The maximum Gasteiger partial charge on any atom is 0.224 e. The lowest BCUT2D eigenvalue weighted by molar-refractivity contribution is -0.116. The van der Waals surface area contributed by atoms with Gasteiger partial charge in [-0.25, -0.2) is 9.97 Å². The van der Waals surface area contributed by atoms with Crippen molar-refractivity contribution in [2.24, 2.45) is 0 Å². The van der Waals surface area contributed by atoms with Gasteiger partial charge in [0.25, 0.3) is 0 Å². The molecule has 0 saturated carbocycles. The molecule has 0 spiro atoms. The van der Waals surface area contributed by atoms with Crippen LogP contribution in [0.1, 0.15) is 25.5 Å². The summed E-state index contributed by atoms with van der Waals surface area (Å²) in [5, 5.41) is 14.9. The molecule has 0 atom stereocenters. The minimum Gasteiger partial charge on any atom is -0.326 e. The Morgan fingerprint density at radius 1 is 1.10 bits per heavy atom. The number of aryl methyl sites for hydroxylation is 1. The van der Waals surface area contributed by atoms with Crippen LogP contribution in [0.4, 0.5) is 17.3 Å². The molecule has 0 aliphatic carbocycles. The van der Waals surface area contributed by atoms with Gasteiger partial charge in [0.05, 0.1) is 5.52 Å². The first kappa shape index (κ1) is 19.9. The molecule has 30 heavy (non-hydrogen) atoms. The van der Waals surface area contributed by atoms with Crippen LogP contribution >= 0.6 is 11.8 Å². The highest BCUT2D eigenvalue weighted by Crippen LogP contribution is 2.31. The number of carbonyl (C=O) groups excluding carboxylic acids is 1. The number of fused-ring (bicyclic) bond motifs is 1. The fraction of sp³-hybridized carbons (Fsp3) is 0.182. The molecule has 2 heterocycles. The predicted molar refractivity (Wildman–Crippen MR) is 120 cm³/mol. The smallest absolute Gasteiger partial charge is 0.224 e. The second-order valence-corrected chi connectivity index (χ2v) is 7.90. The summed E-state index contributed by atoms with van der Waals surface area (Å²) in [5.74, 6) is 1.44. The van der Waals surface area contributed by atoms with Crippen LogP contribution in [0.25, 0.3) is 10.9 Å². The molecule has 3 N–H and O–H groups in total. The number of carbonyl (C=O) groups is 1. The highest BCUT2D eigenvalue weighted by molar-refractivity contribution is 7.99. The Bertz CT molecular complexity index is 1170. The standard InChI is InChI=1S/C22H22N6OS/c1-3-6-20(29)23-15-9-11-16(12-10-15)30-22-24-18-8-5-4-7-17(18)21(26-22)25-19-13-14(2)27-28-19/h4-5,7-13H,3,6H2,1-2H3,(H,23,29)(H2,24,25,26,27,28). The summed E-state index contributed by atoms with van der Waals surface area (Å²) >= 11 is 1.47. The Kier molecular flexibility index (Phi) is 5.94. The van der Waals surface area contributed by atoms with Crippen LogP contribution in [-0.4, -0.2) is 26.1 Å². The highest BCUT2D eigenvalue weighted by Gasteiger charge is 2.11. The van der Waals surface area contributed by atoms with E-state index >= 15 is 0 Å². The minimum absolute atomic E-state index is 0.0279. The topological polar surface area (TPSA) is 95.6 Å². The molecule has 0 saturated heterocycles. The van der Waals surface area contributed by atoms with Crippen molar-refractivity contribution in [1.82, 2.24) is 20.2 Å². The predicted octanol–water partition coefficient (Wildman–Crippen LogP) is 5.29. The van der Waals surface area contributed by atoms with Crippen LogP contribution in [0.3, 0.4) is 0 Å². The van der Waals surface area contributed by atoms with Gasteiger partial charge in [0, 0.05) is 34.2 Å². The minimum atomic E-state index is 0.0279. The quantitative estimate of drug-likeness (QED) is 0.353. The van der Waals surface area contributed by atoms with E-state index in [1.165, 1.54) is 11.8 Å². The van der Waals surface area contributed by atoms with E-state index in [2.05, 4.69) is 25.8 Å². The molecule has 4 rings (SSSR count). The van der Waals surface area contributed by atoms with E-state index in [1.54, 1.807) is 0 Å². The van der Waals surface area contributed by atoms with Crippen molar-refractivity contribution in [2.75, 3.05) is 10.6 Å². The van der Waals surface area contributed by atoms with Gasteiger partial charge in [0.15, 0.2) is 11.0 Å². The van der Waals surface area contributed by atoms with E-state index in [0.717, 1.165) is 33.6 Å². The summed E-state index contributed by atoms with van der Waals surface area (Å²) in [6.45, 7) is 3.94. The summed E-state index contributed by atoms with van der Waals surface area (Å²) < 4.78 is 0. The van der Waals surface area contributed by atoms with E-state index in [4.69, 9.17) is 4.98 Å². The van der Waals surface area contributed by atoms with Gasteiger partial charge >= 0.3 is 0 Å². The average molecular weight is 419 g/mol. The Morgan fingerprint density at radius 3 is 2.63 bits per heavy atom. The Labute approximate surface area is 178 Å². The van der Waals surface area contributed by atoms with Crippen molar-refractivity contribution in [2.45, 2.75) is 36.7 Å². The summed E-state index contributed by atoms with van der Waals surface area (Å²) in [6.07, 6.45) is 1.35. The first-order chi connectivity index (χ1) is 14.6. The average Bonchev–Trinajstić information content (AvgIpc) is 3.14. The molecule has 0 unspecified atom stereocenters. The highest BCUT2D eigenvalue weighted by atomic mass is 32.2. The third-order valence-electron chi connectivity index (χ3n) is 4.36. The fourth-order valence-corrected chi connectivity index (χ4v) is 3.73. The van der Waals surface area contributed by atoms with Crippen LogP contribution in [0.2, 0.25) is 0 Å². The van der Waals surface area contributed by atoms with Gasteiger partial charge in [-0.2, -0.15) is 5.10 Å². The number of anilines is 3. The number of aromatic amines is 1. The molecule has 1 amide bonds. The molecule has 0 fully saturated rings. The van der Waals surface area contributed by atoms with Crippen molar-refractivity contribution >= 4 is 45.9 Å². The van der Waals surface area contributed by atoms with Crippen molar-refractivity contribution in [1.29, 1.82) is 0 Å². The molecule has 7 nitrogen and oxygen atoms in total. The van der Waals surface area contributed by atoms with Crippen LogP contribution in [0, 0.1) is 6.92 Å². The molecule has 2 aromatic carbocycles. The fourth-order valence-electron chi connectivity index (χ4n) is 2.96. The molecule has 0 aliphatic rings. The van der Waals surface area contributed by atoms with Gasteiger partial charge in [-0.05, 0) is 61.5 Å². The molecule has 0 radical (unpaired) electrons. The normalized spacial score (nSPS) is 10.9. The van der Waals surface area contributed by atoms with E-state index in [0.29, 0.717) is 23.2 Å². The second kappa shape index (κ2) is 8.96. The number of nitrogens with one attached hydrogen (secondary N) is 3. The van der Waals surface area contributed by atoms with Crippen molar-refractivity contribution in [3.05, 3.63) is 60.3 Å². The third-order valence-corrected chi connectivity index (χ3v) is 5.23. The molecular formula is C22H22N6OS. The largest absolute Gasteiger partial charge is 0.326 e. The number of hydrogen-bond donors (Lipinski definition) is 3. The van der Waals surface area contributed by atoms with Gasteiger partial charge in [-0.1, -0.05) is 19.1 Å². The lowest BCUT2D eigenvalue weighted by Crippen LogP contribution is -2.10. The summed E-state index contributed by atoms with van der Waals surface area (Å²) in [6, 6.07) is 17.5. The second-order valence-electron chi connectivity index (χ2n) is 6.86. The Morgan fingerprint density at radius 2 is 1.90 bits per heavy atom. The number of H-pyrrole nitrogens is 1. The maximum absolute atomic E-state index is 11.8. The molecule has 152 valence electrons. The summed E-state index contributed by atoms with van der Waals surface area (Å²) in [7, 11) is 0. The number of para-hydroxylation sites is 1. The molecule has 4 aromatic rings. The van der Waals surface area contributed by atoms with Gasteiger partial charge in [-0.3, -0.25) is 9.89 Å². The monoisotopic (exact) mass is 418 g/mol. The lowest BCUT2D eigenvalue weighted by Gasteiger charge is -2.09. The number of hydrogen-bond acceptors (Lipinski definition) is 6. The van der Waals surface area contributed by atoms with Crippen LogP contribution in [0.5, 0.6) is 0 Å². The van der Waals surface area contributed by atoms with E-state index in [-0.39, 0.29) is 5.91 Å². The molecule has 2 aromatic heterocycles. The van der Waals surface area contributed by atoms with Crippen molar-refractivity contribution < 1.29 is 4.79 Å². The first-order valence-electron chi connectivity index (χ1n) is 9.74. The molecule has 0 aliphatic heterocycles. The van der Waals surface area contributed by atoms with E-state index < -0.39 is 0 Å².